The Morgan fingerprint density at radius 2 is 0.360 bits per heavy atom. The standard InChI is InChI=1S/C75H47N11/c1-8-22-48(23-9-1)55-36-40-63-59(44-55)61-46-57(38-42-65(61)85(63)74-81-68(51-28-14-4-15-29-51)78-69(82-74)52-30-16-5-17-31-52)72-76-67(50-26-12-3-13-27-50)77-73(80-72)58-39-43-66-62(47-58)60-45-56(49-24-10-2-11-25-49)37-41-64(60)86(66)75-83-70(53-32-18-6-19-33-53)79-71(84-75)54-34-20-7-21-35-54/h1-47H. The summed E-state index contributed by atoms with van der Waals surface area (Å²) < 4.78 is 4.30. The Morgan fingerprint density at radius 3 is 0.616 bits per heavy atom. The second-order valence-corrected chi connectivity index (χ2v) is 21.0. The molecule has 5 aromatic heterocycles. The number of benzene rings is 11. The first-order chi connectivity index (χ1) is 42.6. The van der Waals surface area contributed by atoms with Crippen molar-refractivity contribution < 1.29 is 0 Å². The van der Waals surface area contributed by atoms with Crippen LogP contribution in [0.25, 0.3) is 157 Å². The van der Waals surface area contributed by atoms with Crippen molar-refractivity contribution in [3.63, 3.8) is 0 Å². The smallest absolute Gasteiger partial charge is 0.238 e. The fourth-order valence-corrected chi connectivity index (χ4v) is 11.5. The average Bonchev–Trinajstić information content (AvgIpc) is 2.23. The molecular weight excluding hydrogens is 1050 g/mol. The maximum atomic E-state index is 5.41. The Bertz CT molecular complexity index is 4770. The molecule has 0 aliphatic rings. The monoisotopic (exact) mass is 1100 g/mol. The summed E-state index contributed by atoms with van der Waals surface area (Å²) in [6, 6.07) is 97.3. The summed E-state index contributed by atoms with van der Waals surface area (Å²) in [4.78, 5) is 47.0. The van der Waals surface area contributed by atoms with Crippen molar-refractivity contribution >= 4 is 43.6 Å². The summed E-state index contributed by atoms with van der Waals surface area (Å²) in [7, 11) is 0. The van der Waals surface area contributed by atoms with Gasteiger partial charge < -0.3 is 0 Å². The Labute approximate surface area is 494 Å². The van der Waals surface area contributed by atoms with E-state index in [4.69, 9.17) is 44.9 Å². The zero-order chi connectivity index (χ0) is 56.9. The van der Waals surface area contributed by atoms with Crippen LogP contribution in [0.2, 0.25) is 0 Å². The van der Waals surface area contributed by atoms with E-state index in [0.29, 0.717) is 52.7 Å². The van der Waals surface area contributed by atoms with E-state index in [1.165, 1.54) is 0 Å². The van der Waals surface area contributed by atoms with Gasteiger partial charge in [-0.25, -0.2) is 24.9 Å². The Balaban J connectivity index is 0.900. The van der Waals surface area contributed by atoms with E-state index in [1.54, 1.807) is 0 Å². The van der Waals surface area contributed by atoms with Crippen molar-refractivity contribution in [1.29, 1.82) is 0 Å². The molecule has 11 nitrogen and oxygen atoms in total. The summed E-state index contributed by atoms with van der Waals surface area (Å²) in [6.07, 6.45) is 0. The maximum absolute atomic E-state index is 5.41. The van der Waals surface area contributed by atoms with Crippen LogP contribution < -0.4 is 0 Å². The fourth-order valence-electron chi connectivity index (χ4n) is 11.5. The van der Waals surface area contributed by atoms with E-state index in [-0.39, 0.29) is 0 Å². The molecule has 16 aromatic rings. The van der Waals surface area contributed by atoms with Crippen molar-refractivity contribution in [2.24, 2.45) is 0 Å². The number of aromatic nitrogens is 11. The van der Waals surface area contributed by atoms with E-state index in [2.05, 4.69) is 130 Å². The number of hydrogen-bond donors (Lipinski definition) is 0. The number of hydrogen-bond acceptors (Lipinski definition) is 9. The van der Waals surface area contributed by atoms with E-state index in [9.17, 15) is 0 Å². The minimum Gasteiger partial charge on any atom is -0.278 e. The van der Waals surface area contributed by atoms with Crippen LogP contribution in [0.15, 0.2) is 285 Å². The van der Waals surface area contributed by atoms with Crippen molar-refractivity contribution in [2.75, 3.05) is 0 Å². The van der Waals surface area contributed by atoms with Crippen molar-refractivity contribution in [3.05, 3.63) is 285 Å². The van der Waals surface area contributed by atoms with E-state index >= 15 is 0 Å². The fraction of sp³-hybridized carbons (Fsp3) is 0. The molecule has 0 bridgehead atoms. The first kappa shape index (κ1) is 49.8. The van der Waals surface area contributed by atoms with Gasteiger partial charge >= 0.3 is 0 Å². The average molecular weight is 1100 g/mol. The molecule has 0 atom stereocenters. The molecule has 0 N–H and O–H groups in total. The normalized spacial score (nSPS) is 11.5. The minimum atomic E-state index is 0.503. The molecule has 16 rings (SSSR count). The molecule has 0 aliphatic carbocycles. The highest BCUT2D eigenvalue weighted by atomic mass is 15.2. The van der Waals surface area contributed by atoms with Crippen molar-refractivity contribution in [1.82, 2.24) is 54.0 Å². The Hall–Kier alpha value is -12.0. The van der Waals surface area contributed by atoms with Gasteiger partial charge in [0.25, 0.3) is 0 Å². The van der Waals surface area contributed by atoms with Crippen LogP contribution >= 0.6 is 0 Å². The molecule has 0 radical (unpaired) electrons. The first-order valence-electron chi connectivity index (χ1n) is 28.4. The predicted octanol–water partition coefficient (Wildman–Crippen LogP) is 17.4. The molecule has 0 unspecified atom stereocenters. The predicted molar refractivity (Wildman–Crippen MR) is 344 cm³/mol. The number of fused-ring (bicyclic) bond motifs is 6. The van der Waals surface area contributed by atoms with Crippen LogP contribution in [0.4, 0.5) is 0 Å². The highest BCUT2D eigenvalue weighted by Crippen LogP contribution is 2.40. The van der Waals surface area contributed by atoms with Gasteiger partial charge in [0, 0.05) is 60.5 Å². The molecule has 11 aromatic carbocycles. The van der Waals surface area contributed by atoms with Crippen molar-refractivity contribution in [3.8, 4) is 114 Å². The lowest BCUT2D eigenvalue weighted by Gasteiger charge is -2.12. The molecule has 402 valence electrons. The molecule has 0 fully saturated rings. The summed E-state index contributed by atoms with van der Waals surface area (Å²) in [6.45, 7) is 0. The molecule has 0 aliphatic heterocycles. The molecule has 86 heavy (non-hydrogen) atoms. The van der Waals surface area contributed by atoms with Gasteiger partial charge in [0.2, 0.25) is 11.9 Å². The maximum Gasteiger partial charge on any atom is 0.238 e. The number of rotatable bonds is 11. The van der Waals surface area contributed by atoms with Gasteiger partial charge in [-0.05, 0) is 82.9 Å². The quantitative estimate of drug-likeness (QED) is 0.124. The molecular formula is C75H47N11. The molecule has 0 spiro atoms. The minimum absolute atomic E-state index is 0.503. The van der Waals surface area contributed by atoms with Crippen LogP contribution in [0.3, 0.4) is 0 Å². The van der Waals surface area contributed by atoms with Crippen LogP contribution in [0, 0.1) is 0 Å². The third kappa shape index (κ3) is 9.09. The van der Waals surface area contributed by atoms with Crippen LogP contribution in [-0.4, -0.2) is 54.0 Å². The second-order valence-electron chi connectivity index (χ2n) is 21.0. The molecule has 5 heterocycles. The zero-order valence-corrected chi connectivity index (χ0v) is 46.1. The third-order valence-electron chi connectivity index (χ3n) is 15.7. The number of nitrogens with zero attached hydrogens (tertiary/aromatic N) is 11. The second kappa shape index (κ2) is 21.1. The molecule has 0 amide bonds. The Kier molecular flexibility index (Phi) is 12.2. The van der Waals surface area contributed by atoms with Gasteiger partial charge in [-0.1, -0.05) is 224 Å². The summed E-state index contributed by atoms with van der Waals surface area (Å²) in [5.41, 5.74) is 14.2. The molecule has 11 heteroatoms. The SMILES string of the molecule is c1ccc(-c2ccc3c(c2)c2cc(-c4nc(-c5ccccc5)nc(-c5ccc6c(c5)c5cc(-c7ccccc7)ccc5n6-c5nc(-c6ccccc6)nc(-c6ccccc6)n5)n4)ccc2n3-c2nc(-c3ccccc3)nc(-c3ccccc3)n2)cc1. The third-order valence-corrected chi connectivity index (χ3v) is 15.7. The highest BCUT2D eigenvalue weighted by molar-refractivity contribution is 6.13. The van der Waals surface area contributed by atoms with Crippen LogP contribution in [-0.2, 0) is 0 Å². The van der Waals surface area contributed by atoms with Gasteiger partial charge in [0.1, 0.15) is 0 Å². The lowest BCUT2D eigenvalue weighted by atomic mass is 10.0. The van der Waals surface area contributed by atoms with E-state index in [0.717, 1.165) is 105 Å². The summed E-state index contributed by atoms with van der Waals surface area (Å²) >= 11 is 0. The summed E-state index contributed by atoms with van der Waals surface area (Å²) in [5.74, 6) is 4.91. The lowest BCUT2D eigenvalue weighted by Crippen LogP contribution is -2.06. The van der Waals surface area contributed by atoms with Crippen molar-refractivity contribution in [2.45, 2.75) is 0 Å². The summed E-state index contributed by atoms with van der Waals surface area (Å²) in [5, 5.41) is 4.00. The van der Waals surface area contributed by atoms with Crippen LogP contribution in [0.5, 0.6) is 0 Å². The van der Waals surface area contributed by atoms with Gasteiger partial charge in [0.15, 0.2) is 40.8 Å². The van der Waals surface area contributed by atoms with Gasteiger partial charge in [-0.15, -0.1) is 0 Å². The molecule has 0 saturated heterocycles. The van der Waals surface area contributed by atoms with Gasteiger partial charge in [-0.2, -0.15) is 19.9 Å². The zero-order valence-electron chi connectivity index (χ0n) is 46.1. The van der Waals surface area contributed by atoms with E-state index < -0.39 is 0 Å². The lowest BCUT2D eigenvalue weighted by molar-refractivity contribution is 0.953. The van der Waals surface area contributed by atoms with Gasteiger partial charge in [-0.3, -0.25) is 9.13 Å². The molecule has 0 saturated carbocycles. The Morgan fingerprint density at radius 1 is 0.163 bits per heavy atom. The largest absolute Gasteiger partial charge is 0.278 e. The highest BCUT2D eigenvalue weighted by Gasteiger charge is 2.23. The van der Waals surface area contributed by atoms with Gasteiger partial charge in [0.05, 0.1) is 22.1 Å². The van der Waals surface area contributed by atoms with E-state index in [1.807, 2.05) is 164 Å². The van der Waals surface area contributed by atoms with Crippen LogP contribution in [0.1, 0.15) is 0 Å². The topological polar surface area (TPSA) is 126 Å². The first-order valence-corrected chi connectivity index (χ1v) is 28.4.